The first-order chi connectivity index (χ1) is 34.0. The molecule has 70 heavy (non-hydrogen) atoms. The number of aliphatic hydroxyl groups is 1. The minimum absolute atomic E-state index is 0.00799. The number of unbranched alkanes of at least 4 members (excludes halogenated alkanes) is 39. The minimum atomic E-state index is -4.60. The van der Waals surface area contributed by atoms with Crippen LogP contribution < -0.4 is 10.2 Å². The lowest BCUT2D eigenvalue weighted by Crippen LogP contribution is -2.45. The zero-order valence-electron chi connectivity index (χ0n) is 47.2. The molecule has 0 spiro atoms. The summed E-state index contributed by atoms with van der Waals surface area (Å²) in [5.41, 5.74) is 0. The quantitative estimate of drug-likeness (QED) is 0.0272. The van der Waals surface area contributed by atoms with Crippen LogP contribution in [-0.2, 0) is 18.4 Å². The first-order valence-corrected chi connectivity index (χ1v) is 31.8. The summed E-state index contributed by atoms with van der Waals surface area (Å²) in [5, 5.41) is 13.8. The molecule has 8 nitrogen and oxygen atoms in total. The van der Waals surface area contributed by atoms with Gasteiger partial charge in [0.25, 0.3) is 7.82 Å². The highest BCUT2D eigenvalue weighted by Crippen LogP contribution is 2.38. The molecule has 0 rings (SSSR count). The third-order valence-electron chi connectivity index (χ3n) is 13.8. The van der Waals surface area contributed by atoms with Crippen molar-refractivity contribution in [1.29, 1.82) is 0 Å². The van der Waals surface area contributed by atoms with Gasteiger partial charge in [-0.05, 0) is 38.5 Å². The molecule has 0 heterocycles. The van der Waals surface area contributed by atoms with E-state index >= 15 is 0 Å². The molecular formula is C61H119N2O6P. The molecule has 0 radical (unpaired) electrons. The molecular weight excluding hydrogens is 888 g/mol. The Morgan fingerprint density at radius 2 is 0.814 bits per heavy atom. The Morgan fingerprint density at radius 1 is 0.500 bits per heavy atom. The summed E-state index contributed by atoms with van der Waals surface area (Å²) < 4.78 is 23.2. The monoisotopic (exact) mass is 1010 g/mol. The van der Waals surface area contributed by atoms with Crippen LogP contribution in [0.2, 0.25) is 0 Å². The van der Waals surface area contributed by atoms with Crippen molar-refractivity contribution in [3.05, 3.63) is 36.5 Å². The molecule has 0 aromatic heterocycles. The second-order valence-electron chi connectivity index (χ2n) is 22.0. The van der Waals surface area contributed by atoms with Gasteiger partial charge in [0.1, 0.15) is 13.2 Å². The van der Waals surface area contributed by atoms with E-state index in [9.17, 15) is 19.4 Å². The van der Waals surface area contributed by atoms with Gasteiger partial charge in [-0.3, -0.25) is 9.36 Å². The van der Waals surface area contributed by atoms with E-state index in [0.717, 1.165) is 51.4 Å². The number of nitrogens with zero attached hydrogens (tertiary/aromatic N) is 1. The Kier molecular flexibility index (Phi) is 51.6. The van der Waals surface area contributed by atoms with E-state index in [1.54, 1.807) is 6.08 Å². The van der Waals surface area contributed by atoms with Gasteiger partial charge in [0, 0.05) is 6.42 Å². The van der Waals surface area contributed by atoms with E-state index in [4.69, 9.17) is 9.05 Å². The first kappa shape index (κ1) is 68.7. The van der Waals surface area contributed by atoms with Gasteiger partial charge >= 0.3 is 0 Å². The Balaban J connectivity index is 3.80. The number of phosphoric acid groups is 1. The zero-order valence-corrected chi connectivity index (χ0v) is 48.1. The number of amides is 1. The summed E-state index contributed by atoms with van der Waals surface area (Å²) in [6, 6.07) is -0.906. The summed E-state index contributed by atoms with van der Waals surface area (Å²) >= 11 is 0. The first-order valence-electron chi connectivity index (χ1n) is 30.4. The number of hydrogen-bond acceptors (Lipinski definition) is 6. The molecule has 0 saturated heterocycles. The molecule has 0 bridgehead atoms. The van der Waals surface area contributed by atoms with E-state index in [1.807, 2.05) is 27.2 Å². The highest BCUT2D eigenvalue weighted by molar-refractivity contribution is 7.45. The summed E-state index contributed by atoms with van der Waals surface area (Å²) in [6.45, 7) is 4.52. The number of nitrogens with one attached hydrogen (secondary N) is 1. The number of phosphoric ester groups is 1. The third-order valence-corrected chi connectivity index (χ3v) is 14.8. The van der Waals surface area contributed by atoms with Crippen LogP contribution in [0.3, 0.4) is 0 Å². The molecule has 0 aromatic rings. The second-order valence-corrected chi connectivity index (χ2v) is 23.4. The summed E-state index contributed by atoms with van der Waals surface area (Å²) in [6.07, 6.45) is 68.7. The number of hydrogen-bond donors (Lipinski definition) is 2. The van der Waals surface area contributed by atoms with Gasteiger partial charge in [-0.15, -0.1) is 0 Å². The average molecular weight is 1010 g/mol. The molecule has 9 heteroatoms. The fraction of sp³-hybridized carbons (Fsp3) is 0.885. The number of likely N-dealkylation sites (N-methyl/N-ethyl adjacent to an activating group) is 1. The Hall–Kier alpha value is -1.28. The van der Waals surface area contributed by atoms with Crippen LogP contribution >= 0.6 is 7.82 Å². The molecule has 1 amide bonds. The Bertz CT molecular complexity index is 1230. The summed E-state index contributed by atoms with van der Waals surface area (Å²) in [7, 11) is 1.24. The van der Waals surface area contributed by atoms with Crippen LogP contribution in [0.15, 0.2) is 36.5 Å². The molecule has 0 aliphatic heterocycles. The van der Waals surface area contributed by atoms with Crippen LogP contribution in [0, 0.1) is 0 Å². The molecule has 3 atom stereocenters. The Morgan fingerprint density at radius 3 is 1.14 bits per heavy atom. The normalized spacial score (nSPS) is 14.1. The van der Waals surface area contributed by atoms with Crippen molar-refractivity contribution < 1.29 is 32.9 Å². The topological polar surface area (TPSA) is 108 Å². The van der Waals surface area contributed by atoms with Crippen molar-refractivity contribution in [2.75, 3.05) is 40.9 Å². The SMILES string of the molecule is CC/C=C/CC/C=C/CC/C=C/C(O)C(COP(=O)([O-])OCC[N+](C)(C)C)NC(=O)CCCCCCCCCCCCCCCCCCCCCCCCCCCCCCCCCCCCCCCC. The highest BCUT2D eigenvalue weighted by atomic mass is 31.2. The smallest absolute Gasteiger partial charge is 0.268 e. The van der Waals surface area contributed by atoms with Crippen LogP contribution in [0.4, 0.5) is 0 Å². The average Bonchev–Trinajstić information content (AvgIpc) is 3.32. The van der Waals surface area contributed by atoms with Crippen LogP contribution in [0.5, 0.6) is 0 Å². The van der Waals surface area contributed by atoms with Crippen molar-refractivity contribution in [2.24, 2.45) is 0 Å². The standard InChI is InChI=1S/C61H119N2O6P/c1-6-8-10-12-14-16-18-19-20-21-22-23-24-25-26-27-28-29-30-31-32-33-34-35-36-37-38-39-40-41-42-43-44-45-47-49-51-53-55-61(65)62-59(58-69-70(66,67)68-57-56-63(3,4)5)60(64)54-52-50-48-46-17-15-13-11-9-7-2/h9,11,17,46,52,54,59-60,64H,6-8,10,12-16,18-45,47-51,53,55-58H2,1-5H3,(H-,62,65,66,67)/b11-9+,46-17+,54-52+. The van der Waals surface area contributed by atoms with Gasteiger partial charge in [0.2, 0.25) is 5.91 Å². The molecule has 0 fully saturated rings. The van der Waals surface area contributed by atoms with Gasteiger partial charge in [0.15, 0.2) is 0 Å². The number of aliphatic hydroxyl groups excluding tert-OH is 1. The van der Waals surface area contributed by atoms with Crippen molar-refractivity contribution in [1.82, 2.24) is 5.32 Å². The van der Waals surface area contributed by atoms with Gasteiger partial charge < -0.3 is 28.8 Å². The maximum Gasteiger partial charge on any atom is 0.268 e. The lowest BCUT2D eigenvalue weighted by Gasteiger charge is -2.29. The number of rotatable bonds is 56. The molecule has 0 saturated carbocycles. The van der Waals surface area contributed by atoms with Gasteiger partial charge in [-0.1, -0.05) is 288 Å². The second kappa shape index (κ2) is 52.6. The predicted molar refractivity (Wildman–Crippen MR) is 302 cm³/mol. The van der Waals surface area contributed by atoms with Gasteiger partial charge in [-0.25, -0.2) is 0 Å². The van der Waals surface area contributed by atoms with Gasteiger partial charge in [0.05, 0.1) is 39.9 Å². The van der Waals surface area contributed by atoms with E-state index in [2.05, 4.69) is 43.5 Å². The maximum absolute atomic E-state index is 12.9. The van der Waals surface area contributed by atoms with Crippen LogP contribution in [0.1, 0.15) is 296 Å². The predicted octanol–water partition coefficient (Wildman–Crippen LogP) is 17.9. The molecule has 0 aromatic carbocycles. The van der Waals surface area contributed by atoms with Crippen LogP contribution in [0.25, 0.3) is 0 Å². The highest BCUT2D eigenvalue weighted by Gasteiger charge is 2.23. The Labute approximate surface area is 436 Å². The van der Waals surface area contributed by atoms with E-state index in [-0.39, 0.29) is 12.5 Å². The van der Waals surface area contributed by atoms with Crippen molar-refractivity contribution in [2.45, 2.75) is 309 Å². The largest absolute Gasteiger partial charge is 0.756 e. The minimum Gasteiger partial charge on any atom is -0.756 e. The third kappa shape index (κ3) is 54.5. The molecule has 0 aliphatic carbocycles. The number of allylic oxidation sites excluding steroid dienone is 5. The number of carbonyl (C=O) groups excluding carboxylic acids is 1. The van der Waals surface area contributed by atoms with E-state index in [0.29, 0.717) is 17.4 Å². The van der Waals surface area contributed by atoms with E-state index in [1.165, 1.54) is 225 Å². The van der Waals surface area contributed by atoms with E-state index < -0.39 is 26.6 Å². The van der Waals surface area contributed by atoms with Crippen molar-refractivity contribution in [3.63, 3.8) is 0 Å². The maximum atomic E-state index is 12.9. The van der Waals surface area contributed by atoms with Crippen molar-refractivity contribution >= 4 is 13.7 Å². The molecule has 414 valence electrons. The fourth-order valence-electron chi connectivity index (χ4n) is 9.14. The number of quaternary nitrogens is 1. The van der Waals surface area contributed by atoms with Crippen LogP contribution in [-0.4, -0.2) is 68.5 Å². The lowest BCUT2D eigenvalue weighted by atomic mass is 10.0. The van der Waals surface area contributed by atoms with Crippen molar-refractivity contribution in [3.8, 4) is 0 Å². The molecule has 2 N–H and O–H groups in total. The van der Waals surface area contributed by atoms with Gasteiger partial charge in [-0.2, -0.15) is 0 Å². The molecule has 3 unspecified atom stereocenters. The molecule has 0 aliphatic rings. The zero-order chi connectivity index (χ0) is 51.3. The fourth-order valence-corrected chi connectivity index (χ4v) is 9.86. The number of carbonyl (C=O) groups is 1. The summed E-state index contributed by atoms with van der Waals surface area (Å²) in [4.78, 5) is 25.4. The summed E-state index contributed by atoms with van der Waals surface area (Å²) in [5.74, 6) is -0.209. The lowest BCUT2D eigenvalue weighted by molar-refractivity contribution is -0.870.